The molecule has 4 heteroatoms. The van der Waals surface area contributed by atoms with Crippen LogP contribution < -0.4 is 4.74 Å². The molecule has 0 aliphatic carbocycles. The van der Waals surface area contributed by atoms with Crippen molar-refractivity contribution in [1.82, 2.24) is 0 Å². The quantitative estimate of drug-likeness (QED) is 0.626. The fourth-order valence-electron chi connectivity index (χ4n) is 2.35. The number of rotatable bonds is 5. The smallest absolute Gasteiger partial charge is 0.363 e. The van der Waals surface area contributed by atoms with Gasteiger partial charge in [-0.05, 0) is 35.8 Å². The Balaban J connectivity index is 1.71. The highest BCUT2D eigenvalue weighted by atomic mass is 16.6. The van der Waals surface area contributed by atoms with Crippen molar-refractivity contribution in [3.05, 3.63) is 71.4 Å². The molecule has 0 atom stereocenters. The summed E-state index contributed by atoms with van der Waals surface area (Å²) < 4.78 is 10.4. The maximum atomic E-state index is 11.9. The van der Waals surface area contributed by atoms with Crippen molar-refractivity contribution in [2.45, 2.75) is 12.8 Å². The molecule has 0 spiro atoms. The van der Waals surface area contributed by atoms with Crippen LogP contribution in [-0.2, 0) is 16.0 Å². The standard InChI is InChI=1S/C19H17NO3/c1-22-16-9-5-8-15(12-16)13-17-19(21)23-18(20-17)11-10-14-6-3-2-4-7-14/h2-9,12-13H,10-11H2,1H3/b17-13+. The lowest BCUT2D eigenvalue weighted by molar-refractivity contribution is -0.130. The Bertz CT molecular complexity index is 763. The topological polar surface area (TPSA) is 47.9 Å². The normalized spacial score (nSPS) is 15.4. The highest BCUT2D eigenvalue weighted by Crippen LogP contribution is 2.20. The number of ether oxygens (including phenoxy) is 2. The molecule has 1 aliphatic heterocycles. The molecular formula is C19H17NO3. The molecule has 116 valence electrons. The largest absolute Gasteiger partial charge is 0.497 e. The maximum Gasteiger partial charge on any atom is 0.363 e. The number of benzene rings is 2. The summed E-state index contributed by atoms with van der Waals surface area (Å²) in [5.41, 5.74) is 2.36. The number of hydrogen-bond donors (Lipinski definition) is 0. The Kier molecular flexibility index (Phi) is 4.52. The number of hydrogen-bond acceptors (Lipinski definition) is 4. The highest BCUT2D eigenvalue weighted by Gasteiger charge is 2.22. The number of aliphatic imine (C=N–C) groups is 1. The van der Waals surface area contributed by atoms with E-state index in [0.717, 1.165) is 17.7 Å². The zero-order valence-electron chi connectivity index (χ0n) is 12.9. The summed E-state index contributed by atoms with van der Waals surface area (Å²) in [6.07, 6.45) is 3.10. The average molecular weight is 307 g/mol. The molecule has 0 saturated heterocycles. The molecule has 0 saturated carbocycles. The van der Waals surface area contributed by atoms with Gasteiger partial charge in [0, 0.05) is 6.42 Å². The van der Waals surface area contributed by atoms with Gasteiger partial charge in [0.25, 0.3) is 0 Å². The van der Waals surface area contributed by atoms with Crippen LogP contribution >= 0.6 is 0 Å². The van der Waals surface area contributed by atoms with Crippen molar-refractivity contribution >= 4 is 17.9 Å². The number of nitrogens with zero attached hydrogens (tertiary/aromatic N) is 1. The SMILES string of the molecule is COc1cccc(/C=C2/N=C(CCc3ccccc3)OC2=O)c1. The number of carbonyl (C=O) groups excluding carboxylic acids is 1. The number of methoxy groups -OCH3 is 1. The first-order chi connectivity index (χ1) is 11.2. The summed E-state index contributed by atoms with van der Waals surface area (Å²) >= 11 is 0. The Morgan fingerprint density at radius 2 is 1.91 bits per heavy atom. The first-order valence-corrected chi connectivity index (χ1v) is 7.44. The number of carbonyl (C=O) groups is 1. The molecule has 0 unspecified atom stereocenters. The van der Waals surface area contributed by atoms with E-state index in [1.165, 1.54) is 5.56 Å². The van der Waals surface area contributed by atoms with Crippen LogP contribution in [0.4, 0.5) is 0 Å². The maximum absolute atomic E-state index is 11.9. The van der Waals surface area contributed by atoms with Crippen molar-refractivity contribution in [2.75, 3.05) is 7.11 Å². The van der Waals surface area contributed by atoms with Gasteiger partial charge in [-0.2, -0.15) is 0 Å². The fraction of sp³-hybridized carbons (Fsp3) is 0.158. The Labute approximate surface area is 135 Å². The molecule has 0 N–H and O–H groups in total. The van der Waals surface area contributed by atoms with E-state index in [-0.39, 0.29) is 0 Å². The molecule has 4 nitrogen and oxygen atoms in total. The fourth-order valence-corrected chi connectivity index (χ4v) is 2.35. The Morgan fingerprint density at radius 1 is 1.09 bits per heavy atom. The third-order valence-electron chi connectivity index (χ3n) is 3.53. The van der Waals surface area contributed by atoms with Crippen LogP contribution in [0.1, 0.15) is 17.5 Å². The molecule has 0 bridgehead atoms. The van der Waals surface area contributed by atoms with E-state index in [0.29, 0.717) is 18.0 Å². The summed E-state index contributed by atoms with van der Waals surface area (Å²) in [7, 11) is 1.61. The predicted molar refractivity (Wildman–Crippen MR) is 89.3 cm³/mol. The second kappa shape index (κ2) is 6.92. The first kappa shape index (κ1) is 15.0. The van der Waals surface area contributed by atoms with Gasteiger partial charge in [-0.25, -0.2) is 9.79 Å². The molecule has 0 amide bonds. The van der Waals surface area contributed by atoms with Crippen LogP contribution in [-0.4, -0.2) is 19.0 Å². The van der Waals surface area contributed by atoms with Gasteiger partial charge in [0.15, 0.2) is 11.6 Å². The van der Waals surface area contributed by atoms with Gasteiger partial charge in [0.05, 0.1) is 7.11 Å². The van der Waals surface area contributed by atoms with Gasteiger partial charge in [-0.15, -0.1) is 0 Å². The third kappa shape index (κ3) is 3.86. The summed E-state index contributed by atoms with van der Waals surface area (Å²) in [6.45, 7) is 0. The summed E-state index contributed by atoms with van der Waals surface area (Å²) in [5, 5.41) is 0. The van der Waals surface area contributed by atoms with E-state index >= 15 is 0 Å². The summed E-state index contributed by atoms with van der Waals surface area (Å²) in [4.78, 5) is 16.2. The van der Waals surface area contributed by atoms with Crippen LogP contribution in [0.2, 0.25) is 0 Å². The van der Waals surface area contributed by atoms with E-state index in [1.54, 1.807) is 13.2 Å². The van der Waals surface area contributed by atoms with Crippen molar-refractivity contribution in [1.29, 1.82) is 0 Å². The second-order valence-corrected chi connectivity index (χ2v) is 5.19. The molecule has 3 rings (SSSR count). The first-order valence-electron chi connectivity index (χ1n) is 7.44. The Hall–Kier alpha value is -2.88. The molecule has 23 heavy (non-hydrogen) atoms. The summed E-state index contributed by atoms with van der Waals surface area (Å²) in [6, 6.07) is 17.5. The number of aryl methyl sites for hydroxylation is 1. The minimum absolute atomic E-state index is 0.321. The van der Waals surface area contributed by atoms with Crippen LogP contribution in [0, 0.1) is 0 Å². The molecule has 1 aliphatic rings. The average Bonchev–Trinajstić information content (AvgIpc) is 2.94. The van der Waals surface area contributed by atoms with E-state index in [4.69, 9.17) is 9.47 Å². The summed E-state index contributed by atoms with van der Waals surface area (Å²) in [5.74, 6) is 0.794. The predicted octanol–water partition coefficient (Wildman–Crippen LogP) is 3.62. The van der Waals surface area contributed by atoms with Crippen molar-refractivity contribution < 1.29 is 14.3 Å². The van der Waals surface area contributed by atoms with E-state index in [2.05, 4.69) is 4.99 Å². The van der Waals surface area contributed by atoms with Gasteiger partial charge < -0.3 is 9.47 Å². The van der Waals surface area contributed by atoms with E-state index in [9.17, 15) is 4.79 Å². The lowest BCUT2D eigenvalue weighted by Gasteiger charge is -2.00. The number of cyclic esters (lactones) is 1. The molecular weight excluding hydrogens is 290 g/mol. The van der Waals surface area contributed by atoms with Crippen molar-refractivity contribution in [2.24, 2.45) is 4.99 Å². The molecule has 1 heterocycles. The monoisotopic (exact) mass is 307 g/mol. The molecule has 0 radical (unpaired) electrons. The third-order valence-corrected chi connectivity index (χ3v) is 3.53. The van der Waals surface area contributed by atoms with Gasteiger partial charge in [0.2, 0.25) is 0 Å². The van der Waals surface area contributed by atoms with Crippen LogP contribution in [0.3, 0.4) is 0 Å². The van der Waals surface area contributed by atoms with Crippen molar-refractivity contribution in [3.8, 4) is 5.75 Å². The second-order valence-electron chi connectivity index (χ2n) is 5.19. The molecule has 2 aromatic carbocycles. The zero-order valence-corrected chi connectivity index (χ0v) is 12.9. The lowest BCUT2D eigenvalue weighted by atomic mass is 10.1. The van der Waals surface area contributed by atoms with Crippen LogP contribution in [0.15, 0.2) is 65.3 Å². The van der Waals surface area contributed by atoms with Gasteiger partial charge in [0.1, 0.15) is 5.75 Å². The molecule has 2 aromatic rings. The van der Waals surface area contributed by atoms with E-state index in [1.807, 2.05) is 54.6 Å². The van der Waals surface area contributed by atoms with Crippen molar-refractivity contribution in [3.63, 3.8) is 0 Å². The number of esters is 1. The minimum Gasteiger partial charge on any atom is -0.497 e. The molecule has 0 fully saturated rings. The van der Waals surface area contributed by atoms with Gasteiger partial charge in [-0.3, -0.25) is 0 Å². The lowest BCUT2D eigenvalue weighted by Crippen LogP contribution is -2.05. The minimum atomic E-state index is -0.407. The Morgan fingerprint density at radius 3 is 2.70 bits per heavy atom. The van der Waals surface area contributed by atoms with Crippen LogP contribution in [0.5, 0.6) is 5.75 Å². The molecule has 0 aromatic heterocycles. The zero-order chi connectivity index (χ0) is 16.1. The van der Waals surface area contributed by atoms with Gasteiger partial charge in [-0.1, -0.05) is 42.5 Å². The van der Waals surface area contributed by atoms with Crippen LogP contribution in [0.25, 0.3) is 6.08 Å². The van der Waals surface area contributed by atoms with Gasteiger partial charge >= 0.3 is 5.97 Å². The highest BCUT2D eigenvalue weighted by molar-refractivity contribution is 6.07. The van der Waals surface area contributed by atoms with E-state index < -0.39 is 5.97 Å².